The van der Waals surface area contributed by atoms with Gasteiger partial charge in [0.1, 0.15) is 0 Å². The molecule has 1 heterocycles. The van der Waals surface area contributed by atoms with Crippen LogP contribution in [-0.2, 0) is 16.4 Å². The van der Waals surface area contributed by atoms with Crippen LogP contribution in [0.4, 0.5) is 0 Å². The smallest absolute Gasteiger partial charge is 0.238 e. The summed E-state index contributed by atoms with van der Waals surface area (Å²) in [6, 6.07) is 23.7. The zero-order valence-corrected chi connectivity index (χ0v) is 18.0. The van der Waals surface area contributed by atoms with Crippen LogP contribution < -0.4 is 0 Å². The highest BCUT2D eigenvalue weighted by Crippen LogP contribution is 2.29. The van der Waals surface area contributed by atoms with Gasteiger partial charge in [0, 0.05) is 22.0 Å². The number of rotatable bonds is 4. The summed E-state index contributed by atoms with van der Waals surface area (Å²) in [5.74, 6) is 0. The summed E-state index contributed by atoms with van der Waals surface area (Å²) in [7, 11) is -3.77. The molecule has 3 aromatic carbocycles. The van der Waals surface area contributed by atoms with Gasteiger partial charge in [-0.05, 0) is 61.0 Å². The SMILES string of the molecule is Cc1ccc(S(=O)(=O)n2c(Cc3ccc(C#N)cc3)cc3cc(Br)ccc32)cc1. The van der Waals surface area contributed by atoms with Crippen LogP contribution in [0.1, 0.15) is 22.4 Å². The molecule has 0 aliphatic heterocycles. The van der Waals surface area contributed by atoms with Crippen LogP contribution in [0.15, 0.2) is 82.2 Å². The van der Waals surface area contributed by atoms with Gasteiger partial charge in [-0.15, -0.1) is 0 Å². The van der Waals surface area contributed by atoms with E-state index in [2.05, 4.69) is 22.0 Å². The number of nitrogens with zero attached hydrogens (tertiary/aromatic N) is 2. The zero-order valence-electron chi connectivity index (χ0n) is 15.6. The first kappa shape index (κ1) is 19.4. The number of nitriles is 1. The summed E-state index contributed by atoms with van der Waals surface area (Å²) in [6.45, 7) is 1.93. The molecule has 0 aliphatic rings. The Hall–Kier alpha value is -2.88. The van der Waals surface area contributed by atoms with Crippen LogP contribution in [0, 0.1) is 18.3 Å². The third-order valence-electron chi connectivity index (χ3n) is 4.82. The topological polar surface area (TPSA) is 62.9 Å². The monoisotopic (exact) mass is 464 g/mol. The number of hydrogen-bond donors (Lipinski definition) is 0. The van der Waals surface area contributed by atoms with Gasteiger partial charge in [-0.2, -0.15) is 5.26 Å². The fourth-order valence-electron chi connectivity index (χ4n) is 3.35. The van der Waals surface area contributed by atoms with Crippen molar-refractivity contribution in [2.24, 2.45) is 0 Å². The van der Waals surface area contributed by atoms with E-state index in [4.69, 9.17) is 5.26 Å². The molecule has 0 fully saturated rings. The van der Waals surface area contributed by atoms with Gasteiger partial charge in [0.25, 0.3) is 10.0 Å². The molecule has 0 N–H and O–H groups in total. The van der Waals surface area contributed by atoms with Crippen molar-refractivity contribution in [3.63, 3.8) is 0 Å². The van der Waals surface area contributed by atoms with Gasteiger partial charge in [0.15, 0.2) is 0 Å². The summed E-state index contributed by atoms with van der Waals surface area (Å²) < 4.78 is 29.4. The zero-order chi connectivity index (χ0) is 20.6. The molecule has 4 rings (SSSR count). The average molecular weight is 465 g/mol. The summed E-state index contributed by atoms with van der Waals surface area (Å²) in [4.78, 5) is 0.254. The Morgan fingerprint density at radius 1 is 0.966 bits per heavy atom. The van der Waals surface area contributed by atoms with Gasteiger partial charge < -0.3 is 0 Å². The predicted molar refractivity (Wildman–Crippen MR) is 117 cm³/mol. The number of halogens is 1. The van der Waals surface area contributed by atoms with Crippen molar-refractivity contribution < 1.29 is 8.42 Å². The first-order valence-corrected chi connectivity index (χ1v) is 11.2. The summed E-state index contributed by atoms with van der Waals surface area (Å²) in [5.41, 5.74) is 3.82. The van der Waals surface area contributed by atoms with Gasteiger partial charge in [-0.25, -0.2) is 12.4 Å². The Balaban J connectivity index is 1.90. The molecule has 0 spiro atoms. The van der Waals surface area contributed by atoms with Crippen LogP contribution >= 0.6 is 15.9 Å². The lowest BCUT2D eigenvalue weighted by Gasteiger charge is -2.13. The number of fused-ring (bicyclic) bond motifs is 1. The fourth-order valence-corrected chi connectivity index (χ4v) is 5.27. The van der Waals surface area contributed by atoms with E-state index in [0.29, 0.717) is 23.2 Å². The first-order chi connectivity index (χ1) is 13.9. The first-order valence-electron chi connectivity index (χ1n) is 9.00. The standard InChI is InChI=1S/C23H17BrN2O2S/c1-16-2-9-22(10-3-16)29(27,28)26-21(12-17-4-6-18(15-25)7-5-17)14-19-13-20(24)8-11-23(19)26/h2-11,13-14H,12H2,1H3. The van der Waals surface area contributed by atoms with Crippen molar-refractivity contribution in [3.05, 3.63) is 99.7 Å². The third-order valence-corrected chi connectivity index (χ3v) is 7.09. The predicted octanol–water partition coefficient (Wildman–Crippen LogP) is 5.41. The quantitative estimate of drug-likeness (QED) is 0.405. The van der Waals surface area contributed by atoms with Crippen LogP contribution in [0.25, 0.3) is 10.9 Å². The Labute approximate surface area is 178 Å². The molecule has 0 saturated carbocycles. The van der Waals surface area contributed by atoms with Crippen LogP contribution in [0.3, 0.4) is 0 Å². The maximum Gasteiger partial charge on any atom is 0.268 e. The van der Waals surface area contributed by atoms with E-state index in [0.717, 1.165) is 21.0 Å². The molecule has 0 aliphatic carbocycles. The highest BCUT2D eigenvalue weighted by atomic mass is 79.9. The Morgan fingerprint density at radius 2 is 1.66 bits per heavy atom. The lowest BCUT2D eigenvalue weighted by atomic mass is 10.1. The molecule has 1 aromatic heterocycles. The highest BCUT2D eigenvalue weighted by molar-refractivity contribution is 9.10. The molecule has 4 aromatic rings. The van der Waals surface area contributed by atoms with Crippen LogP contribution in [0.2, 0.25) is 0 Å². The van der Waals surface area contributed by atoms with Crippen molar-refractivity contribution in [1.82, 2.24) is 3.97 Å². The highest BCUT2D eigenvalue weighted by Gasteiger charge is 2.23. The van der Waals surface area contributed by atoms with E-state index in [1.165, 1.54) is 3.97 Å². The molecule has 0 atom stereocenters. The van der Waals surface area contributed by atoms with Crippen LogP contribution in [0.5, 0.6) is 0 Å². The fraction of sp³-hybridized carbons (Fsp3) is 0.0870. The minimum absolute atomic E-state index is 0.254. The molecule has 0 bridgehead atoms. The van der Waals surface area contributed by atoms with Crippen molar-refractivity contribution in [2.75, 3.05) is 0 Å². The second-order valence-corrected chi connectivity index (χ2v) is 9.61. The summed E-state index contributed by atoms with van der Waals surface area (Å²) in [6.07, 6.45) is 0.434. The second-order valence-electron chi connectivity index (χ2n) is 6.91. The minimum Gasteiger partial charge on any atom is -0.238 e. The number of aromatic nitrogens is 1. The largest absolute Gasteiger partial charge is 0.268 e. The van der Waals surface area contributed by atoms with E-state index in [1.807, 2.05) is 43.3 Å². The van der Waals surface area contributed by atoms with Crippen molar-refractivity contribution in [1.29, 1.82) is 5.26 Å². The number of hydrogen-bond acceptors (Lipinski definition) is 3. The average Bonchev–Trinajstić information content (AvgIpc) is 3.06. The van der Waals surface area contributed by atoms with E-state index in [1.54, 1.807) is 36.4 Å². The maximum absolute atomic E-state index is 13.5. The summed E-state index contributed by atoms with van der Waals surface area (Å²) >= 11 is 3.46. The van der Waals surface area contributed by atoms with Gasteiger partial charge >= 0.3 is 0 Å². The normalized spacial score (nSPS) is 11.5. The lowest BCUT2D eigenvalue weighted by molar-refractivity contribution is 0.587. The van der Waals surface area contributed by atoms with E-state index in [-0.39, 0.29) is 4.90 Å². The van der Waals surface area contributed by atoms with Gasteiger partial charge in [0.05, 0.1) is 22.0 Å². The number of benzene rings is 3. The van der Waals surface area contributed by atoms with Crippen LogP contribution in [-0.4, -0.2) is 12.4 Å². The van der Waals surface area contributed by atoms with E-state index < -0.39 is 10.0 Å². The molecular weight excluding hydrogens is 448 g/mol. The second kappa shape index (κ2) is 7.51. The summed E-state index contributed by atoms with van der Waals surface area (Å²) in [5, 5.41) is 9.84. The van der Waals surface area contributed by atoms with E-state index >= 15 is 0 Å². The molecule has 0 amide bonds. The Morgan fingerprint density at radius 3 is 2.31 bits per heavy atom. The molecule has 0 unspecified atom stereocenters. The lowest BCUT2D eigenvalue weighted by Crippen LogP contribution is -2.16. The van der Waals surface area contributed by atoms with Crippen molar-refractivity contribution in [2.45, 2.75) is 18.2 Å². The molecule has 29 heavy (non-hydrogen) atoms. The molecule has 6 heteroatoms. The minimum atomic E-state index is -3.77. The number of aryl methyl sites for hydroxylation is 1. The van der Waals surface area contributed by atoms with Gasteiger partial charge in [-0.3, -0.25) is 0 Å². The molecular formula is C23H17BrN2O2S. The molecule has 144 valence electrons. The Bertz CT molecular complexity index is 1350. The molecule has 0 saturated heterocycles. The molecule has 0 radical (unpaired) electrons. The van der Waals surface area contributed by atoms with Gasteiger partial charge in [0.2, 0.25) is 0 Å². The van der Waals surface area contributed by atoms with Crippen molar-refractivity contribution >= 4 is 36.9 Å². The Kier molecular flexibility index (Phi) is 5.03. The maximum atomic E-state index is 13.5. The van der Waals surface area contributed by atoms with E-state index in [9.17, 15) is 8.42 Å². The van der Waals surface area contributed by atoms with Crippen molar-refractivity contribution in [3.8, 4) is 6.07 Å². The molecule has 4 nitrogen and oxygen atoms in total. The van der Waals surface area contributed by atoms with Gasteiger partial charge in [-0.1, -0.05) is 45.8 Å². The third kappa shape index (κ3) is 3.71.